The van der Waals surface area contributed by atoms with E-state index in [9.17, 15) is 4.21 Å². The highest BCUT2D eigenvalue weighted by Gasteiger charge is 2.08. The molecular formula is C12H17N3OS. The summed E-state index contributed by atoms with van der Waals surface area (Å²) in [7, 11) is -0.779. The highest BCUT2D eigenvalue weighted by Crippen LogP contribution is 2.23. The van der Waals surface area contributed by atoms with Crippen molar-refractivity contribution < 1.29 is 4.21 Å². The van der Waals surface area contributed by atoms with Crippen molar-refractivity contribution in [3.05, 3.63) is 23.8 Å². The summed E-state index contributed by atoms with van der Waals surface area (Å²) in [5, 5.41) is 12.1. The molecule has 1 rings (SSSR count). The molecule has 5 heteroatoms. The SMILES string of the molecule is CC(CCS(C)=O)Nc1cccc(C#N)c1N. The number of benzene rings is 1. The number of hydrogen-bond acceptors (Lipinski definition) is 4. The smallest absolute Gasteiger partial charge is 0.101 e. The summed E-state index contributed by atoms with van der Waals surface area (Å²) in [6.45, 7) is 2.01. The minimum Gasteiger partial charge on any atom is -0.396 e. The van der Waals surface area contributed by atoms with E-state index in [4.69, 9.17) is 11.0 Å². The van der Waals surface area contributed by atoms with E-state index in [1.165, 1.54) is 0 Å². The average molecular weight is 251 g/mol. The lowest BCUT2D eigenvalue weighted by atomic mass is 10.1. The molecule has 0 saturated carbocycles. The molecule has 0 spiro atoms. The third kappa shape index (κ3) is 4.08. The number of nitrogen functional groups attached to an aromatic ring is 1. The Balaban J connectivity index is 2.69. The Morgan fingerprint density at radius 2 is 2.29 bits per heavy atom. The second-order valence-electron chi connectivity index (χ2n) is 3.99. The average Bonchev–Trinajstić information content (AvgIpc) is 2.29. The van der Waals surface area contributed by atoms with Crippen LogP contribution in [-0.4, -0.2) is 22.3 Å². The minimum absolute atomic E-state index is 0.176. The van der Waals surface area contributed by atoms with Gasteiger partial charge in [0.2, 0.25) is 0 Å². The normalized spacial score (nSPS) is 13.7. The number of nitrogens with one attached hydrogen (secondary N) is 1. The van der Waals surface area contributed by atoms with Crippen molar-refractivity contribution in [2.24, 2.45) is 0 Å². The largest absolute Gasteiger partial charge is 0.396 e. The van der Waals surface area contributed by atoms with Gasteiger partial charge in [0.1, 0.15) is 6.07 Å². The highest BCUT2D eigenvalue weighted by atomic mass is 32.2. The molecule has 0 amide bonds. The van der Waals surface area contributed by atoms with Crippen molar-refractivity contribution in [2.45, 2.75) is 19.4 Å². The van der Waals surface area contributed by atoms with Crippen molar-refractivity contribution >= 4 is 22.2 Å². The van der Waals surface area contributed by atoms with Crippen LogP contribution in [-0.2, 0) is 10.8 Å². The molecule has 1 aromatic carbocycles. The molecule has 0 radical (unpaired) electrons. The van der Waals surface area contributed by atoms with Gasteiger partial charge in [0.25, 0.3) is 0 Å². The number of nitrogens with two attached hydrogens (primary N) is 1. The quantitative estimate of drug-likeness (QED) is 0.781. The van der Waals surface area contributed by atoms with Crippen molar-refractivity contribution in [3.8, 4) is 6.07 Å². The van der Waals surface area contributed by atoms with Crippen molar-refractivity contribution in [2.75, 3.05) is 23.1 Å². The molecule has 0 aliphatic rings. The zero-order valence-electron chi connectivity index (χ0n) is 10.1. The van der Waals surface area contributed by atoms with E-state index >= 15 is 0 Å². The second-order valence-corrected chi connectivity index (χ2v) is 5.54. The fourth-order valence-corrected chi connectivity index (χ4v) is 2.15. The van der Waals surface area contributed by atoms with Crippen LogP contribution in [0.5, 0.6) is 0 Å². The summed E-state index contributed by atoms with van der Waals surface area (Å²) in [6.07, 6.45) is 2.50. The number of nitrogens with zero attached hydrogens (tertiary/aromatic N) is 1. The van der Waals surface area contributed by atoms with Crippen molar-refractivity contribution in [1.82, 2.24) is 0 Å². The van der Waals surface area contributed by atoms with E-state index < -0.39 is 10.8 Å². The van der Waals surface area contributed by atoms with E-state index in [0.29, 0.717) is 17.0 Å². The summed E-state index contributed by atoms with van der Waals surface area (Å²) >= 11 is 0. The Hall–Kier alpha value is -1.54. The molecule has 0 bridgehead atoms. The monoisotopic (exact) mass is 251 g/mol. The maximum absolute atomic E-state index is 11.0. The van der Waals surface area contributed by atoms with Gasteiger partial charge in [-0.2, -0.15) is 5.26 Å². The first kappa shape index (κ1) is 13.5. The molecule has 0 aliphatic heterocycles. The Kier molecular flexibility index (Phi) is 4.98. The molecule has 0 saturated heterocycles. The topological polar surface area (TPSA) is 78.9 Å². The first-order valence-corrected chi connectivity index (χ1v) is 7.12. The fourth-order valence-electron chi connectivity index (χ4n) is 1.47. The van der Waals surface area contributed by atoms with Crippen LogP contribution in [0.3, 0.4) is 0 Å². The third-order valence-electron chi connectivity index (χ3n) is 2.47. The number of anilines is 2. The first-order valence-electron chi connectivity index (χ1n) is 5.39. The zero-order valence-corrected chi connectivity index (χ0v) is 10.9. The van der Waals surface area contributed by atoms with Crippen LogP contribution in [0.4, 0.5) is 11.4 Å². The maximum Gasteiger partial charge on any atom is 0.101 e. The molecule has 2 unspecified atom stereocenters. The van der Waals surface area contributed by atoms with Crippen molar-refractivity contribution in [3.63, 3.8) is 0 Å². The van der Waals surface area contributed by atoms with Gasteiger partial charge in [-0.05, 0) is 25.5 Å². The summed E-state index contributed by atoms with van der Waals surface area (Å²) < 4.78 is 11.0. The van der Waals surface area contributed by atoms with E-state index in [-0.39, 0.29) is 6.04 Å². The summed E-state index contributed by atoms with van der Waals surface area (Å²) in [4.78, 5) is 0. The molecule has 4 nitrogen and oxygen atoms in total. The van der Waals surface area contributed by atoms with Gasteiger partial charge in [-0.1, -0.05) is 6.07 Å². The van der Waals surface area contributed by atoms with Crippen LogP contribution in [0.1, 0.15) is 18.9 Å². The molecular weight excluding hydrogens is 234 g/mol. The lowest BCUT2D eigenvalue weighted by Crippen LogP contribution is -2.18. The minimum atomic E-state index is -0.779. The van der Waals surface area contributed by atoms with Gasteiger partial charge >= 0.3 is 0 Å². The number of para-hydroxylation sites is 1. The van der Waals surface area contributed by atoms with Crippen LogP contribution in [0.2, 0.25) is 0 Å². The van der Waals surface area contributed by atoms with Gasteiger partial charge in [0, 0.05) is 28.9 Å². The predicted molar refractivity (Wildman–Crippen MR) is 72.2 cm³/mol. The summed E-state index contributed by atoms with van der Waals surface area (Å²) in [5.41, 5.74) is 7.56. The van der Waals surface area contributed by atoms with Gasteiger partial charge < -0.3 is 11.1 Å². The number of hydrogen-bond donors (Lipinski definition) is 2. The van der Waals surface area contributed by atoms with Crippen LogP contribution >= 0.6 is 0 Å². The van der Waals surface area contributed by atoms with Crippen LogP contribution in [0, 0.1) is 11.3 Å². The Labute approximate surface area is 104 Å². The molecule has 17 heavy (non-hydrogen) atoms. The molecule has 3 N–H and O–H groups in total. The van der Waals surface area contributed by atoms with Crippen LogP contribution in [0.25, 0.3) is 0 Å². The number of nitriles is 1. The molecule has 0 fully saturated rings. The van der Waals surface area contributed by atoms with Gasteiger partial charge in [-0.15, -0.1) is 0 Å². The van der Waals surface area contributed by atoms with Crippen LogP contribution < -0.4 is 11.1 Å². The van der Waals surface area contributed by atoms with Gasteiger partial charge in [0.05, 0.1) is 16.9 Å². The fraction of sp³-hybridized carbons (Fsp3) is 0.417. The summed E-state index contributed by atoms with van der Waals surface area (Å²) in [6, 6.07) is 7.54. The Bertz CT molecular complexity index is 454. The lowest BCUT2D eigenvalue weighted by Gasteiger charge is -2.16. The lowest BCUT2D eigenvalue weighted by molar-refractivity contribution is 0.678. The Morgan fingerprint density at radius 3 is 2.88 bits per heavy atom. The molecule has 92 valence electrons. The van der Waals surface area contributed by atoms with E-state index in [1.807, 2.05) is 19.1 Å². The van der Waals surface area contributed by atoms with E-state index in [2.05, 4.69) is 5.32 Å². The molecule has 0 aromatic heterocycles. The van der Waals surface area contributed by atoms with Gasteiger partial charge in [-0.25, -0.2) is 0 Å². The zero-order chi connectivity index (χ0) is 12.8. The molecule has 0 heterocycles. The van der Waals surface area contributed by atoms with Gasteiger partial charge in [0.15, 0.2) is 0 Å². The maximum atomic E-state index is 11.0. The first-order chi connectivity index (χ1) is 8.04. The summed E-state index contributed by atoms with van der Waals surface area (Å²) in [5.74, 6) is 0.659. The van der Waals surface area contributed by atoms with Gasteiger partial charge in [-0.3, -0.25) is 4.21 Å². The number of rotatable bonds is 5. The molecule has 2 atom stereocenters. The predicted octanol–water partition coefficient (Wildman–Crippen LogP) is 1.71. The molecule has 1 aromatic rings. The van der Waals surface area contributed by atoms with Crippen molar-refractivity contribution in [1.29, 1.82) is 5.26 Å². The Morgan fingerprint density at radius 1 is 1.59 bits per heavy atom. The second kappa shape index (κ2) is 6.26. The van der Waals surface area contributed by atoms with Crippen LogP contribution in [0.15, 0.2) is 18.2 Å². The van der Waals surface area contributed by atoms with E-state index in [1.54, 1.807) is 18.4 Å². The molecule has 0 aliphatic carbocycles. The highest BCUT2D eigenvalue weighted by molar-refractivity contribution is 7.84. The standard InChI is InChI=1S/C12H17N3OS/c1-9(6-7-17(2)16)15-11-5-3-4-10(8-13)12(11)14/h3-5,9,15H,6-7,14H2,1-2H3. The van der Waals surface area contributed by atoms with E-state index in [0.717, 1.165) is 12.1 Å². The third-order valence-corrected chi connectivity index (χ3v) is 3.28.